The van der Waals surface area contributed by atoms with Crippen molar-refractivity contribution in [2.24, 2.45) is 0 Å². The zero-order valence-electron chi connectivity index (χ0n) is 10.6. The monoisotopic (exact) mass is 236 g/mol. The standard InChI is InChI=1S/C15H24O2/c1-5-9-14(16-8-4)11-12-15(10-6-2)17-13-7-3/h5-8,14-15H,1-4,9-13H2/t14-,15-/m1/s1. The molecule has 0 amide bonds. The first kappa shape index (κ1) is 15.7. The molecule has 0 unspecified atom stereocenters. The second-order valence-electron chi connectivity index (χ2n) is 3.79. The topological polar surface area (TPSA) is 18.5 Å². The minimum Gasteiger partial charge on any atom is -0.498 e. The Labute approximate surface area is 105 Å². The summed E-state index contributed by atoms with van der Waals surface area (Å²) in [7, 11) is 0. The first-order valence-corrected chi connectivity index (χ1v) is 5.99. The van der Waals surface area contributed by atoms with Crippen LogP contribution in [0.3, 0.4) is 0 Å². The van der Waals surface area contributed by atoms with E-state index in [1.165, 1.54) is 6.26 Å². The minimum atomic E-state index is 0.143. The van der Waals surface area contributed by atoms with Crippen LogP contribution in [0.4, 0.5) is 0 Å². The molecule has 0 N–H and O–H groups in total. The molecule has 0 rings (SSSR count). The third-order valence-electron chi connectivity index (χ3n) is 2.41. The van der Waals surface area contributed by atoms with E-state index in [2.05, 4.69) is 26.3 Å². The molecule has 0 bridgehead atoms. The van der Waals surface area contributed by atoms with E-state index in [4.69, 9.17) is 9.47 Å². The van der Waals surface area contributed by atoms with Crippen LogP contribution in [0.25, 0.3) is 0 Å². The van der Waals surface area contributed by atoms with Crippen molar-refractivity contribution in [3.63, 3.8) is 0 Å². The average Bonchev–Trinajstić information content (AvgIpc) is 2.33. The number of hydrogen-bond acceptors (Lipinski definition) is 2. The lowest BCUT2D eigenvalue weighted by Gasteiger charge is -2.19. The predicted molar refractivity (Wildman–Crippen MR) is 73.9 cm³/mol. The van der Waals surface area contributed by atoms with Gasteiger partial charge in [-0.2, -0.15) is 0 Å². The minimum absolute atomic E-state index is 0.143. The maximum Gasteiger partial charge on any atom is 0.101 e. The summed E-state index contributed by atoms with van der Waals surface area (Å²) in [5, 5.41) is 0. The molecule has 0 aliphatic heterocycles. The van der Waals surface area contributed by atoms with Gasteiger partial charge in [0.1, 0.15) is 6.10 Å². The van der Waals surface area contributed by atoms with Crippen molar-refractivity contribution < 1.29 is 9.47 Å². The summed E-state index contributed by atoms with van der Waals surface area (Å²) >= 11 is 0. The fourth-order valence-electron chi connectivity index (χ4n) is 1.59. The van der Waals surface area contributed by atoms with Crippen LogP contribution in [-0.2, 0) is 9.47 Å². The predicted octanol–water partition coefficient (Wildman–Crippen LogP) is 4.02. The molecule has 96 valence electrons. The summed E-state index contributed by atoms with van der Waals surface area (Å²) in [4.78, 5) is 0. The molecule has 0 aromatic rings. The van der Waals surface area contributed by atoms with Crippen LogP contribution in [0, 0.1) is 0 Å². The maximum atomic E-state index is 5.64. The van der Waals surface area contributed by atoms with E-state index in [-0.39, 0.29) is 12.2 Å². The highest BCUT2D eigenvalue weighted by atomic mass is 16.5. The van der Waals surface area contributed by atoms with Gasteiger partial charge in [-0.3, -0.25) is 0 Å². The van der Waals surface area contributed by atoms with E-state index >= 15 is 0 Å². The van der Waals surface area contributed by atoms with E-state index in [9.17, 15) is 0 Å². The molecule has 2 heteroatoms. The van der Waals surface area contributed by atoms with Crippen molar-refractivity contribution >= 4 is 0 Å². The van der Waals surface area contributed by atoms with Crippen LogP contribution < -0.4 is 0 Å². The first-order chi connectivity index (χ1) is 8.28. The third-order valence-corrected chi connectivity index (χ3v) is 2.41. The fourth-order valence-corrected chi connectivity index (χ4v) is 1.59. The molecule has 0 saturated carbocycles. The summed E-state index contributed by atoms with van der Waals surface area (Å²) in [6.45, 7) is 15.3. The summed E-state index contributed by atoms with van der Waals surface area (Å²) in [5.74, 6) is 0. The van der Waals surface area contributed by atoms with Crippen molar-refractivity contribution in [1.29, 1.82) is 0 Å². The maximum absolute atomic E-state index is 5.64. The van der Waals surface area contributed by atoms with Gasteiger partial charge in [-0.15, -0.1) is 19.7 Å². The molecule has 0 aliphatic carbocycles. The molecule has 2 atom stereocenters. The van der Waals surface area contributed by atoms with Crippen molar-refractivity contribution in [3.05, 3.63) is 50.8 Å². The van der Waals surface area contributed by atoms with Gasteiger partial charge >= 0.3 is 0 Å². The molecular weight excluding hydrogens is 212 g/mol. The smallest absolute Gasteiger partial charge is 0.101 e. The van der Waals surface area contributed by atoms with Crippen molar-refractivity contribution in [3.8, 4) is 0 Å². The Hall–Kier alpha value is -1.28. The zero-order valence-corrected chi connectivity index (χ0v) is 10.6. The van der Waals surface area contributed by atoms with Gasteiger partial charge in [-0.05, 0) is 19.3 Å². The molecule has 0 radical (unpaired) electrons. The normalized spacial score (nSPS) is 13.4. The van der Waals surface area contributed by atoms with Gasteiger partial charge in [0, 0.05) is 6.42 Å². The summed E-state index contributed by atoms with van der Waals surface area (Å²) in [5.41, 5.74) is 0. The van der Waals surface area contributed by atoms with Gasteiger partial charge in [-0.25, -0.2) is 0 Å². The lowest BCUT2D eigenvalue weighted by molar-refractivity contribution is 0.0511. The molecule has 0 spiro atoms. The molecule has 0 aromatic heterocycles. The van der Waals surface area contributed by atoms with E-state index < -0.39 is 0 Å². The average molecular weight is 236 g/mol. The Balaban J connectivity index is 4.03. The summed E-state index contributed by atoms with van der Waals surface area (Å²) < 4.78 is 11.0. The summed E-state index contributed by atoms with van der Waals surface area (Å²) in [6.07, 6.45) is 10.9. The van der Waals surface area contributed by atoms with Crippen LogP contribution in [0.2, 0.25) is 0 Å². The summed E-state index contributed by atoms with van der Waals surface area (Å²) in [6, 6.07) is 0. The number of rotatable bonds is 12. The number of ether oxygens (including phenoxy) is 2. The molecule has 0 aliphatic rings. The van der Waals surface area contributed by atoms with E-state index in [1.807, 2.05) is 12.2 Å². The Morgan fingerprint density at radius 1 is 0.824 bits per heavy atom. The zero-order chi connectivity index (χ0) is 12.9. The van der Waals surface area contributed by atoms with Crippen LogP contribution in [-0.4, -0.2) is 18.8 Å². The van der Waals surface area contributed by atoms with E-state index in [0.29, 0.717) is 6.61 Å². The van der Waals surface area contributed by atoms with Crippen molar-refractivity contribution in [2.75, 3.05) is 6.61 Å². The highest BCUT2D eigenvalue weighted by molar-refractivity contribution is 4.79. The van der Waals surface area contributed by atoms with Crippen LogP contribution in [0.1, 0.15) is 25.7 Å². The Bertz CT molecular complexity index is 223. The molecule has 0 heterocycles. The van der Waals surface area contributed by atoms with Gasteiger partial charge < -0.3 is 9.47 Å². The molecule has 0 saturated heterocycles. The van der Waals surface area contributed by atoms with E-state index in [1.54, 1.807) is 6.08 Å². The molecular formula is C15H24O2. The Morgan fingerprint density at radius 3 is 1.94 bits per heavy atom. The van der Waals surface area contributed by atoms with Crippen molar-refractivity contribution in [1.82, 2.24) is 0 Å². The second kappa shape index (κ2) is 11.2. The highest BCUT2D eigenvalue weighted by Gasteiger charge is 2.12. The SMILES string of the molecule is C=CCO[C@H](CC=C)CC[C@@H](CC=C)OC=C. The lowest BCUT2D eigenvalue weighted by Crippen LogP contribution is -2.17. The molecule has 0 fully saturated rings. The largest absolute Gasteiger partial charge is 0.498 e. The number of hydrogen-bond donors (Lipinski definition) is 0. The van der Waals surface area contributed by atoms with Gasteiger partial charge in [0.2, 0.25) is 0 Å². The Kier molecular flexibility index (Phi) is 10.4. The van der Waals surface area contributed by atoms with Gasteiger partial charge in [-0.1, -0.05) is 24.8 Å². The van der Waals surface area contributed by atoms with Crippen LogP contribution in [0.5, 0.6) is 0 Å². The highest BCUT2D eigenvalue weighted by Crippen LogP contribution is 2.14. The molecule has 0 aromatic carbocycles. The first-order valence-electron chi connectivity index (χ1n) is 5.99. The fraction of sp³-hybridized carbons (Fsp3) is 0.467. The molecule has 2 nitrogen and oxygen atoms in total. The van der Waals surface area contributed by atoms with Crippen molar-refractivity contribution in [2.45, 2.75) is 37.9 Å². The van der Waals surface area contributed by atoms with Gasteiger partial charge in [0.15, 0.2) is 0 Å². The quantitative estimate of drug-likeness (QED) is 0.376. The van der Waals surface area contributed by atoms with Gasteiger partial charge in [0.05, 0.1) is 19.0 Å². The molecule has 17 heavy (non-hydrogen) atoms. The van der Waals surface area contributed by atoms with Crippen LogP contribution >= 0.6 is 0 Å². The lowest BCUT2D eigenvalue weighted by atomic mass is 10.1. The van der Waals surface area contributed by atoms with E-state index in [0.717, 1.165) is 25.7 Å². The van der Waals surface area contributed by atoms with Gasteiger partial charge in [0.25, 0.3) is 0 Å². The third kappa shape index (κ3) is 8.52. The Morgan fingerprint density at radius 2 is 1.41 bits per heavy atom. The van der Waals surface area contributed by atoms with Crippen LogP contribution in [0.15, 0.2) is 50.8 Å². The second-order valence-corrected chi connectivity index (χ2v) is 3.79.